The molecule has 2 rings (SSSR count). The summed E-state index contributed by atoms with van der Waals surface area (Å²) in [6.07, 6.45) is 1.79. The fraction of sp³-hybridized carbons (Fsp3) is 0.100. The molecule has 1 heterocycles. The molecule has 5 heteroatoms. The number of hydrogen-bond donors (Lipinski definition) is 1. The molecule has 1 aliphatic rings. The van der Waals surface area contributed by atoms with Crippen molar-refractivity contribution in [2.75, 3.05) is 7.11 Å². The predicted octanol–water partition coefficient (Wildman–Crippen LogP) is -1.07. The first-order chi connectivity index (χ1) is 6.81. The standard InChI is InChI=1S/C10H9NO2S.K.H/c1-13-10(12)8-6-7-4-2-3-5-9(7)14-11-8;;/h2-6,11H,1H3;;/q;+1;-1. The predicted molar refractivity (Wildman–Crippen MR) is 56.5 cm³/mol. The summed E-state index contributed by atoms with van der Waals surface area (Å²) in [6.45, 7) is 0. The Hall–Kier alpha value is 0.216. The summed E-state index contributed by atoms with van der Waals surface area (Å²) >= 11 is 1.42. The zero-order chi connectivity index (χ0) is 9.97. The molecule has 0 amide bonds. The fourth-order valence-corrected chi connectivity index (χ4v) is 1.95. The molecule has 74 valence electrons. The number of ether oxygens (including phenoxy) is 1. The Bertz CT molecular complexity index is 412. The van der Waals surface area contributed by atoms with E-state index in [0.717, 1.165) is 10.5 Å². The molecule has 0 unspecified atom stereocenters. The monoisotopic (exact) mass is 247 g/mol. The third-order valence-corrected chi connectivity index (χ3v) is 2.81. The molecule has 1 aromatic rings. The fourth-order valence-electron chi connectivity index (χ4n) is 1.20. The summed E-state index contributed by atoms with van der Waals surface area (Å²) in [5, 5.41) is 0. The van der Waals surface area contributed by atoms with Gasteiger partial charge in [0.25, 0.3) is 0 Å². The first-order valence-electron chi connectivity index (χ1n) is 4.13. The molecule has 0 aromatic heterocycles. The molecule has 1 N–H and O–H groups in total. The van der Waals surface area contributed by atoms with Crippen molar-refractivity contribution in [3.63, 3.8) is 0 Å². The van der Waals surface area contributed by atoms with Crippen LogP contribution in [0, 0.1) is 0 Å². The average Bonchev–Trinajstić information content (AvgIpc) is 2.27. The average molecular weight is 247 g/mol. The van der Waals surface area contributed by atoms with E-state index in [0.29, 0.717) is 5.70 Å². The maximum Gasteiger partial charge on any atom is 1.00 e. The van der Waals surface area contributed by atoms with E-state index in [1.165, 1.54) is 19.1 Å². The van der Waals surface area contributed by atoms with Crippen LogP contribution >= 0.6 is 11.9 Å². The van der Waals surface area contributed by atoms with Crippen molar-refractivity contribution in [2.45, 2.75) is 4.90 Å². The van der Waals surface area contributed by atoms with Crippen LogP contribution in [0.3, 0.4) is 0 Å². The molecule has 0 saturated heterocycles. The van der Waals surface area contributed by atoms with Gasteiger partial charge in [0, 0.05) is 4.90 Å². The van der Waals surface area contributed by atoms with Gasteiger partial charge in [-0.2, -0.15) is 0 Å². The van der Waals surface area contributed by atoms with Crippen LogP contribution in [0.1, 0.15) is 6.99 Å². The zero-order valence-corrected chi connectivity index (χ0v) is 12.6. The Balaban J connectivity index is 0.00000112. The molecule has 15 heavy (non-hydrogen) atoms. The molecule has 0 fully saturated rings. The Morgan fingerprint density at radius 2 is 2.20 bits per heavy atom. The molecule has 0 saturated carbocycles. The van der Waals surface area contributed by atoms with Crippen LogP contribution in [-0.4, -0.2) is 13.1 Å². The number of fused-ring (bicyclic) bond motifs is 1. The van der Waals surface area contributed by atoms with E-state index < -0.39 is 0 Å². The molecule has 0 aliphatic carbocycles. The van der Waals surface area contributed by atoms with Gasteiger partial charge >= 0.3 is 57.4 Å². The minimum absolute atomic E-state index is 0. The molecule has 3 nitrogen and oxygen atoms in total. The topological polar surface area (TPSA) is 38.3 Å². The van der Waals surface area contributed by atoms with E-state index in [1.54, 1.807) is 6.08 Å². The van der Waals surface area contributed by atoms with Crippen molar-refractivity contribution in [3.8, 4) is 0 Å². The van der Waals surface area contributed by atoms with Crippen molar-refractivity contribution < 1.29 is 62.3 Å². The number of benzene rings is 1. The maximum absolute atomic E-state index is 11.2. The van der Waals surface area contributed by atoms with Gasteiger partial charge in [0.2, 0.25) is 0 Å². The minimum atomic E-state index is -0.341. The smallest absolute Gasteiger partial charge is 1.00 e. The summed E-state index contributed by atoms with van der Waals surface area (Å²) in [4.78, 5) is 12.3. The molecule has 0 radical (unpaired) electrons. The SMILES string of the molecule is COC(=O)C1=Cc2ccccc2SN1.[H-].[K+]. The van der Waals surface area contributed by atoms with Crippen molar-refractivity contribution >= 4 is 24.0 Å². The molecule has 1 aliphatic heterocycles. The summed E-state index contributed by atoms with van der Waals surface area (Å²) in [5.74, 6) is -0.341. The van der Waals surface area contributed by atoms with Gasteiger partial charge < -0.3 is 10.9 Å². The summed E-state index contributed by atoms with van der Waals surface area (Å²) < 4.78 is 7.55. The van der Waals surface area contributed by atoms with Gasteiger partial charge in [0.1, 0.15) is 5.70 Å². The number of carbonyl (C=O) groups is 1. The van der Waals surface area contributed by atoms with Crippen LogP contribution in [0.2, 0.25) is 0 Å². The third kappa shape index (κ3) is 3.09. The quantitative estimate of drug-likeness (QED) is 0.389. The van der Waals surface area contributed by atoms with Gasteiger partial charge in [-0.15, -0.1) is 0 Å². The number of carbonyl (C=O) groups excluding carboxylic acids is 1. The molecular weight excluding hydrogens is 237 g/mol. The largest absolute Gasteiger partial charge is 1.00 e. The summed E-state index contributed by atoms with van der Waals surface area (Å²) in [7, 11) is 1.37. The van der Waals surface area contributed by atoms with Crippen LogP contribution in [0.15, 0.2) is 34.9 Å². The molecule has 0 spiro atoms. The number of esters is 1. The Labute approximate surface area is 137 Å². The van der Waals surface area contributed by atoms with Crippen LogP contribution in [0.5, 0.6) is 0 Å². The minimum Gasteiger partial charge on any atom is -1.00 e. The Kier molecular flexibility index (Phi) is 5.38. The second-order valence-electron chi connectivity index (χ2n) is 2.79. The van der Waals surface area contributed by atoms with E-state index >= 15 is 0 Å². The molecule has 1 aromatic carbocycles. The van der Waals surface area contributed by atoms with Crippen LogP contribution in [-0.2, 0) is 9.53 Å². The van der Waals surface area contributed by atoms with Gasteiger partial charge in [-0.1, -0.05) is 18.2 Å². The van der Waals surface area contributed by atoms with Crippen LogP contribution < -0.4 is 56.1 Å². The van der Waals surface area contributed by atoms with Gasteiger partial charge in [0.05, 0.1) is 7.11 Å². The molecular formula is C10H10KNO2S. The van der Waals surface area contributed by atoms with Crippen molar-refractivity contribution in [3.05, 3.63) is 35.5 Å². The number of rotatable bonds is 1. The van der Waals surface area contributed by atoms with Crippen LogP contribution in [0.4, 0.5) is 0 Å². The van der Waals surface area contributed by atoms with E-state index in [-0.39, 0.29) is 58.8 Å². The van der Waals surface area contributed by atoms with Crippen molar-refractivity contribution in [2.24, 2.45) is 0 Å². The molecule has 0 bridgehead atoms. The van der Waals surface area contributed by atoms with E-state index in [4.69, 9.17) is 0 Å². The van der Waals surface area contributed by atoms with E-state index in [2.05, 4.69) is 9.46 Å². The second-order valence-corrected chi connectivity index (χ2v) is 3.64. The number of nitrogens with one attached hydrogen (secondary N) is 1. The third-order valence-electron chi connectivity index (χ3n) is 1.90. The van der Waals surface area contributed by atoms with Crippen molar-refractivity contribution in [1.29, 1.82) is 0 Å². The summed E-state index contributed by atoms with van der Waals surface area (Å²) in [5.41, 5.74) is 1.52. The van der Waals surface area contributed by atoms with Crippen LogP contribution in [0.25, 0.3) is 6.08 Å². The van der Waals surface area contributed by atoms with Gasteiger partial charge in [-0.25, -0.2) is 4.79 Å². The number of hydrogen-bond acceptors (Lipinski definition) is 4. The van der Waals surface area contributed by atoms with Gasteiger partial charge in [0.15, 0.2) is 0 Å². The number of methoxy groups -OCH3 is 1. The zero-order valence-electron chi connectivity index (χ0n) is 9.61. The Morgan fingerprint density at radius 3 is 2.93 bits per heavy atom. The van der Waals surface area contributed by atoms with Gasteiger partial charge in [-0.05, 0) is 29.7 Å². The van der Waals surface area contributed by atoms with Crippen molar-refractivity contribution in [1.82, 2.24) is 4.72 Å². The first kappa shape index (κ1) is 13.3. The van der Waals surface area contributed by atoms with E-state index in [9.17, 15) is 4.79 Å². The normalized spacial score (nSPS) is 12.7. The van der Waals surface area contributed by atoms with Gasteiger partial charge in [-0.3, -0.25) is 0 Å². The van der Waals surface area contributed by atoms with E-state index in [1.807, 2.05) is 24.3 Å². The second kappa shape index (κ2) is 6.08. The molecule has 0 atom stereocenters. The maximum atomic E-state index is 11.2. The summed E-state index contributed by atoms with van der Waals surface area (Å²) in [6, 6.07) is 7.87. The first-order valence-corrected chi connectivity index (χ1v) is 4.95. The Morgan fingerprint density at radius 1 is 1.47 bits per heavy atom.